The van der Waals surface area contributed by atoms with Crippen molar-refractivity contribution in [3.8, 4) is 0 Å². The van der Waals surface area contributed by atoms with Gasteiger partial charge in [-0.05, 0) is 5.56 Å². The molecule has 3 atom stereocenters. The minimum Gasteiger partial charge on any atom is -0.388 e. The molecule has 0 aromatic heterocycles. The van der Waals surface area contributed by atoms with E-state index in [0.29, 0.717) is 13.0 Å². The monoisotopic (exact) mass is 224 g/mol. The first-order chi connectivity index (χ1) is 7.75. The number of rotatable bonds is 3. The van der Waals surface area contributed by atoms with Crippen LogP contribution in [0.3, 0.4) is 0 Å². The second-order valence-electron chi connectivity index (χ2n) is 3.93. The van der Waals surface area contributed by atoms with E-state index in [1.165, 1.54) is 0 Å². The molecule has 88 valence electrons. The Kier molecular flexibility index (Phi) is 3.90. The maximum atomic E-state index is 9.60. The Bertz CT molecular complexity index is 314. The SMILES string of the molecule is O[C@@H]1CO[C@@H](O)C[C@H]1OCc1ccccc1. The predicted molar refractivity (Wildman–Crippen MR) is 57.6 cm³/mol. The Balaban J connectivity index is 1.85. The molecule has 1 aromatic carbocycles. The van der Waals surface area contributed by atoms with Gasteiger partial charge in [0.1, 0.15) is 6.10 Å². The van der Waals surface area contributed by atoms with Crippen LogP contribution in [0.2, 0.25) is 0 Å². The smallest absolute Gasteiger partial charge is 0.157 e. The normalized spacial score (nSPS) is 30.2. The minimum atomic E-state index is -0.829. The fourth-order valence-electron chi connectivity index (χ4n) is 1.70. The zero-order valence-electron chi connectivity index (χ0n) is 8.95. The second kappa shape index (κ2) is 5.41. The van der Waals surface area contributed by atoms with Gasteiger partial charge in [-0.2, -0.15) is 0 Å². The highest BCUT2D eigenvalue weighted by molar-refractivity contribution is 5.13. The largest absolute Gasteiger partial charge is 0.388 e. The van der Waals surface area contributed by atoms with Crippen molar-refractivity contribution in [3.63, 3.8) is 0 Å². The Hall–Kier alpha value is -0.940. The summed E-state index contributed by atoms with van der Waals surface area (Å²) in [6.07, 6.45) is -1.53. The van der Waals surface area contributed by atoms with Gasteiger partial charge in [-0.15, -0.1) is 0 Å². The molecule has 0 radical (unpaired) electrons. The summed E-state index contributed by atoms with van der Waals surface area (Å²) in [7, 11) is 0. The molecule has 4 heteroatoms. The number of hydrogen-bond donors (Lipinski definition) is 2. The van der Waals surface area contributed by atoms with Gasteiger partial charge in [0.2, 0.25) is 0 Å². The maximum absolute atomic E-state index is 9.60. The summed E-state index contributed by atoms with van der Waals surface area (Å²) >= 11 is 0. The molecule has 0 aliphatic carbocycles. The molecule has 0 spiro atoms. The molecule has 1 aliphatic heterocycles. The van der Waals surface area contributed by atoms with Crippen LogP contribution in [0.25, 0.3) is 0 Å². The summed E-state index contributed by atoms with van der Waals surface area (Å²) in [5.74, 6) is 0. The van der Waals surface area contributed by atoms with Gasteiger partial charge >= 0.3 is 0 Å². The second-order valence-corrected chi connectivity index (χ2v) is 3.93. The Labute approximate surface area is 94.4 Å². The molecule has 1 aromatic rings. The lowest BCUT2D eigenvalue weighted by Crippen LogP contribution is -2.42. The van der Waals surface area contributed by atoms with Crippen molar-refractivity contribution < 1.29 is 19.7 Å². The summed E-state index contributed by atoms with van der Waals surface area (Å²) in [5.41, 5.74) is 1.05. The summed E-state index contributed by atoms with van der Waals surface area (Å²) in [4.78, 5) is 0. The van der Waals surface area contributed by atoms with Crippen LogP contribution >= 0.6 is 0 Å². The van der Waals surface area contributed by atoms with Crippen molar-refractivity contribution in [1.82, 2.24) is 0 Å². The van der Waals surface area contributed by atoms with Crippen molar-refractivity contribution in [2.75, 3.05) is 6.61 Å². The van der Waals surface area contributed by atoms with E-state index in [1.54, 1.807) is 0 Å². The fourth-order valence-corrected chi connectivity index (χ4v) is 1.70. The molecule has 2 N–H and O–H groups in total. The fraction of sp³-hybridized carbons (Fsp3) is 0.500. The van der Waals surface area contributed by atoms with E-state index >= 15 is 0 Å². The average Bonchev–Trinajstić information content (AvgIpc) is 2.32. The van der Waals surface area contributed by atoms with Crippen molar-refractivity contribution in [2.24, 2.45) is 0 Å². The van der Waals surface area contributed by atoms with E-state index in [-0.39, 0.29) is 12.7 Å². The number of aliphatic hydroxyl groups is 2. The standard InChI is InChI=1S/C12H16O4/c13-10-8-16-12(14)6-11(10)15-7-9-4-2-1-3-5-9/h1-5,10-14H,6-8H2/t10-,11-,12-/m1/s1. The Morgan fingerprint density at radius 3 is 2.75 bits per heavy atom. The van der Waals surface area contributed by atoms with Crippen molar-refractivity contribution in [2.45, 2.75) is 31.5 Å². The van der Waals surface area contributed by atoms with E-state index < -0.39 is 12.4 Å². The van der Waals surface area contributed by atoms with E-state index in [0.717, 1.165) is 5.56 Å². The van der Waals surface area contributed by atoms with Crippen LogP contribution in [0.5, 0.6) is 0 Å². The van der Waals surface area contributed by atoms with E-state index in [1.807, 2.05) is 30.3 Å². The number of benzene rings is 1. The van der Waals surface area contributed by atoms with Crippen LogP contribution in [-0.4, -0.2) is 35.3 Å². The molecule has 0 bridgehead atoms. The average molecular weight is 224 g/mol. The van der Waals surface area contributed by atoms with Crippen molar-refractivity contribution in [3.05, 3.63) is 35.9 Å². The molecular weight excluding hydrogens is 208 g/mol. The Morgan fingerprint density at radius 2 is 2.00 bits per heavy atom. The highest BCUT2D eigenvalue weighted by atomic mass is 16.6. The quantitative estimate of drug-likeness (QED) is 0.792. The third kappa shape index (κ3) is 3.02. The van der Waals surface area contributed by atoms with Crippen molar-refractivity contribution >= 4 is 0 Å². The van der Waals surface area contributed by atoms with E-state index in [9.17, 15) is 10.2 Å². The van der Waals surface area contributed by atoms with Gasteiger partial charge in [0.05, 0.1) is 19.3 Å². The molecular formula is C12H16O4. The summed E-state index contributed by atoms with van der Waals surface area (Å²) < 4.78 is 10.5. The maximum Gasteiger partial charge on any atom is 0.157 e. The van der Waals surface area contributed by atoms with E-state index in [4.69, 9.17) is 9.47 Å². The topological polar surface area (TPSA) is 58.9 Å². The summed E-state index contributed by atoms with van der Waals surface area (Å²) in [5, 5.41) is 18.9. The molecule has 1 saturated heterocycles. The predicted octanol–water partition coefficient (Wildman–Crippen LogP) is 0.671. The molecule has 1 heterocycles. The van der Waals surface area contributed by atoms with Gasteiger partial charge in [-0.3, -0.25) is 0 Å². The third-order valence-electron chi connectivity index (χ3n) is 2.63. The Morgan fingerprint density at radius 1 is 1.25 bits per heavy atom. The van der Waals surface area contributed by atoms with Crippen LogP contribution in [0.4, 0.5) is 0 Å². The summed E-state index contributed by atoms with van der Waals surface area (Å²) in [6.45, 7) is 0.565. The van der Waals surface area contributed by atoms with Crippen molar-refractivity contribution in [1.29, 1.82) is 0 Å². The van der Waals surface area contributed by atoms with Gasteiger partial charge in [0.25, 0.3) is 0 Å². The zero-order chi connectivity index (χ0) is 11.4. The molecule has 0 saturated carbocycles. The first kappa shape index (κ1) is 11.5. The molecule has 0 amide bonds. The molecule has 1 aliphatic rings. The van der Waals surface area contributed by atoms with Crippen LogP contribution in [-0.2, 0) is 16.1 Å². The van der Waals surface area contributed by atoms with Gasteiger partial charge in [-0.25, -0.2) is 0 Å². The van der Waals surface area contributed by atoms with Gasteiger partial charge in [0, 0.05) is 6.42 Å². The van der Waals surface area contributed by atoms with Gasteiger partial charge in [0.15, 0.2) is 6.29 Å². The summed E-state index contributed by atoms with van der Waals surface area (Å²) in [6, 6.07) is 9.74. The minimum absolute atomic E-state index is 0.126. The van der Waals surface area contributed by atoms with Crippen LogP contribution in [0.15, 0.2) is 30.3 Å². The number of ether oxygens (including phenoxy) is 2. The first-order valence-corrected chi connectivity index (χ1v) is 5.39. The highest BCUT2D eigenvalue weighted by Gasteiger charge is 2.29. The molecule has 2 rings (SSSR count). The van der Waals surface area contributed by atoms with Gasteiger partial charge < -0.3 is 19.7 Å². The van der Waals surface area contributed by atoms with Crippen LogP contribution in [0, 0.1) is 0 Å². The molecule has 0 unspecified atom stereocenters. The number of aliphatic hydroxyl groups excluding tert-OH is 2. The lowest BCUT2D eigenvalue weighted by Gasteiger charge is -2.30. The number of hydrogen-bond acceptors (Lipinski definition) is 4. The molecule has 4 nitrogen and oxygen atoms in total. The van der Waals surface area contributed by atoms with Crippen LogP contribution in [0.1, 0.15) is 12.0 Å². The first-order valence-electron chi connectivity index (χ1n) is 5.39. The van der Waals surface area contributed by atoms with Gasteiger partial charge in [-0.1, -0.05) is 30.3 Å². The molecule has 16 heavy (non-hydrogen) atoms. The highest BCUT2D eigenvalue weighted by Crippen LogP contribution is 2.17. The lowest BCUT2D eigenvalue weighted by molar-refractivity contribution is -0.207. The molecule has 1 fully saturated rings. The van der Waals surface area contributed by atoms with Crippen LogP contribution < -0.4 is 0 Å². The van der Waals surface area contributed by atoms with E-state index in [2.05, 4.69) is 0 Å². The lowest BCUT2D eigenvalue weighted by atomic mass is 10.1. The third-order valence-corrected chi connectivity index (χ3v) is 2.63. The zero-order valence-corrected chi connectivity index (χ0v) is 8.95.